The van der Waals surface area contributed by atoms with Crippen LogP contribution in [0.5, 0.6) is 0 Å². The van der Waals surface area contributed by atoms with Gasteiger partial charge < -0.3 is 15.1 Å². The van der Waals surface area contributed by atoms with Crippen molar-refractivity contribution in [2.45, 2.75) is 19.9 Å². The lowest BCUT2D eigenvalue weighted by molar-refractivity contribution is 0.372. The molecule has 3 rings (SSSR count). The average Bonchev–Trinajstić information content (AvgIpc) is 3.27. The number of hydrogen-bond donors (Lipinski definition) is 1. The second kappa shape index (κ2) is 10.0. The number of aryl methyl sites for hydroxylation is 2. The number of guanidine groups is 1. The van der Waals surface area contributed by atoms with Gasteiger partial charge in [-0.25, -0.2) is 0 Å². The molecule has 6 nitrogen and oxygen atoms in total. The van der Waals surface area contributed by atoms with Crippen LogP contribution >= 0.6 is 35.3 Å². The van der Waals surface area contributed by atoms with E-state index in [1.54, 1.807) is 0 Å². The minimum Gasteiger partial charge on any atom is -0.360 e. The summed E-state index contributed by atoms with van der Waals surface area (Å²) in [5.74, 6) is 1.01. The first-order valence-electron chi connectivity index (χ1n) is 8.49. The van der Waals surface area contributed by atoms with Crippen LogP contribution < -0.4 is 10.2 Å². The summed E-state index contributed by atoms with van der Waals surface area (Å²) >= 11 is 1.81. The van der Waals surface area contributed by atoms with Gasteiger partial charge in [-0.2, -0.15) is 5.10 Å². The molecular weight excluding hydrogens is 447 g/mol. The van der Waals surface area contributed by atoms with E-state index in [-0.39, 0.29) is 24.0 Å². The summed E-state index contributed by atoms with van der Waals surface area (Å²) in [4.78, 5) is 9.24. The largest absolute Gasteiger partial charge is 0.360 e. The van der Waals surface area contributed by atoms with Crippen molar-refractivity contribution in [2.75, 3.05) is 44.7 Å². The third kappa shape index (κ3) is 5.60. The molecule has 0 saturated carbocycles. The van der Waals surface area contributed by atoms with Gasteiger partial charge in [0.05, 0.1) is 11.2 Å². The van der Waals surface area contributed by atoms with Gasteiger partial charge in [0.1, 0.15) is 0 Å². The number of hydrogen-bond acceptors (Lipinski definition) is 4. The Hall–Kier alpha value is -1.29. The number of rotatable bonds is 5. The number of nitrogens with zero attached hydrogens (tertiary/aromatic N) is 5. The lowest BCUT2D eigenvalue weighted by atomic mass is 10.3. The molecule has 0 aromatic carbocycles. The second-order valence-corrected chi connectivity index (χ2v) is 6.96. The fourth-order valence-corrected chi connectivity index (χ4v) is 3.74. The summed E-state index contributed by atoms with van der Waals surface area (Å²) in [6.07, 6.45) is 5.02. The monoisotopic (exact) mass is 474 g/mol. The van der Waals surface area contributed by atoms with Gasteiger partial charge in [-0.1, -0.05) is 0 Å². The molecule has 0 spiro atoms. The van der Waals surface area contributed by atoms with Crippen LogP contribution in [0.15, 0.2) is 34.9 Å². The number of aromatic nitrogens is 2. The molecule has 2 aromatic heterocycles. The maximum absolute atomic E-state index is 4.44. The van der Waals surface area contributed by atoms with Crippen molar-refractivity contribution in [1.82, 2.24) is 20.0 Å². The van der Waals surface area contributed by atoms with Gasteiger partial charge >= 0.3 is 0 Å². The predicted octanol–water partition coefficient (Wildman–Crippen LogP) is 2.66. The highest BCUT2D eigenvalue weighted by atomic mass is 127. The van der Waals surface area contributed by atoms with E-state index < -0.39 is 0 Å². The van der Waals surface area contributed by atoms with Crippen molar-refractivity contribution >= 4 is 46.3 Å². The summed E-state index contributed by atoms with van der Waals surface area (Å²) in [5.41, 5.74) is 1.21. The Bertz CT molecular complexity index is 646. The fourth-order valence-electron chi connectivity index (χ4n) is 2.95. The lowest BCUT2D eigenvalue weighted by Gasteiger charge is -2.37. The first-order chi connectivity index (χ1) is 11.8. The molecule has 0 radical (unpaired) electrons. The van der Waals surface area contributed by atoms with Gasteiger partial charge in [0.25, 0.3) is 0 Å². The van der Waals surface area contributed by atoms with Gasteiger partial charge in [0.15, 0.2) is 5.96 Å². The van der Waals surface area contributed by atoms with Crippen LogP contribution in [0.4, 0.5) is 5.00 Å². The molecule has 0 unspecified atom stereocenters. The third-order valence-corrected chi connectivity index (χ3v) is 5.15. The van der Waals surface area contributed by atoms with Crippen LogP contribution in [-0.4, -0.2) is 60.4 Å². The van der Waals surface area contributed by atoms with E-state index in [0.29, 0.717) is 0 Å². The highest BCUT2D eigenvalue weighted by Gasteiger charge is 2.19. The van der Waals surface area contributed by atoms with E-state index in [4.69, 9.17) is 0 Å². The number of thiophene rings is 1. The fraction of sp³-hybridized carbons (Fsp3) is 0.529. The molecule has 1 saturated heterocycles. The highest BCUT2D eigenvalue weighted by Crippen LogP contribution is 2.22. The van der Waals surface area contributed by atoms with E-state index in [1.807, 2.05) is 29.3 Å². The van der Waals surface area contributed by atoms with Crippen molar-refractivity contribution in [3.63, 3.8) is 0 Å². The smallest absolute Gasteiger partial charge is 0.193 e. The molecule has 1 aliphatic heterocycles. The van der Waals surface area contributed by atoms with Crippen LogP contribution in [0.2, 0.25) is 0 Å². The number of aliphatic imine (C=N–C) groups is 1. The Labute approximate surface area is 170 Å². The van der Waals surface area contributed by atoms with Crippen molar-refractivity contribution in [2.24, 2.45) is 4.99 Å². The molecule has 8 heteroatoms. The summed E-state index contributed by atoms with van der Waals surface area (Å²) in [6, 6.07) is 4.32. The first-order valence-corrected chi connectivity index (χ1v) is 9.37. The molecule has 0 atom stereocenters. The molecule has 3 heterocycles. The van der Waals surface area contributed by atoms with Crippen LogP contribution in [0.1, 0.15) is 12.0 Å². The molecule has 0 aliphatic carbocycles. The number of piperazine rings is 1. The molecule has 1 aliphatic rings. The van der Waals surface area contributed by atoms with Gasteiger partial charge in [0.2, 0.25) is 0 Å². The average molecular weight is 474 g/mol. The van der Waals surface area contributed by atoms with Crippen molar-refractivity contribution in [3.8, 4) is 0 Å². The predicted molar refractivity (Wildman–Crippen MR) is 116 cm³/mol. The SMILES string of the molecule is CN=C(NCCCn1cc(C)cn1)N1CCN(c2cccs2)CC1.I. The van der Waals surface area contributed by atoms with E-state index in [9.17, 15) is 0 Å². The summed E-state index contributed by atoms with van der Waals surface area (Å²) < 4.78 is 2.00. The van der Waals surface area contributed by atoms with Gasteiger partial charge in [-0.15, -0.1) is 35.3 Å². The maximum Gasteiger partial charge on any atom is 0.193 e. The van der Waals surface area contributed by atoms with Crippen LogP contribution in [0.25, 0.3) is 0 Å². The van der Waals surface area contributed by atoms with Crippen LogP contribution in [0, 0.1) is 6.92 Å². The van der Waals surface area contributed by atoms with Crippen molar-refractivity contribution < 1.29 is 0 Å². The Kier molecular flexibility index (Phi) is 8.01. The second-order valence-electron chi connectivity index (χ2n) is 6.03. The van der Waals surface area contributed by atoms with Crippen LogP contribution in [0.3, 0.4) is 0 Å². The van der Waals surface area contributed by atoms with Crippen LogP contribution in [-0.2, 0) is 6.54 Å². The van der Waals surface area contributed by atoms with Gasteiger partial charge in [0, 0.05) is 52.5 Å². The zero-order valence-corrected chi connectivity index (χ0v) is 18.0. The Morgan fingerprint density at radius 1 is 1.32 bits per heavy atom. The number of anilines is 1. The van der Waals surface area contributed by atoms with Crippen molar-refractivity contribution in [1.29, 1.82) is 0 Å². The van der Waals surface area contributed by atoms with Gasteiger partial charge in [-0.3, -0.25) is 9.67 Å². The molecule has 1 N–H and O–H groups in total. The minimum atomic E-state index is 0. The van der Waals surface area contributed by atoms with Gasteiger partial charge in [-0.05, 0) is 36.4 Å². The molecular formula is C17H27IN6S. The zero-order valence-electron chi connectivity index (χ0n) is 14.9. The van der Waals surface area contributed by atoms with Crippen molar-refractivity contribution in [3.05, 3.63) is 35.5 Å². The highest BCUT2D eigenvalue weighted by molar-refractivity contribution is 14.0. The minimum absolute atomic E-state index is 0. The Morgan fingerprint density at radius 3 is 2.72 bits per heavy atom. The standard InChI is InChI=1S/C17H26N6S.HI/c1-15-13-20-23(14-15)7-4-6-19-17(18-2)22-10-8-21(9-11-22)16-5-3-12-24-16;/h3,5,12-14H,4,6-11H2,1-2H3,(H,18,19);1H. The molecule has 0 bridgehead atoms. The third-order valence-electron chi connectivity index (χ3n) is 4.22. The normalized spacial score (nSPS) is 15.2. The number of nitrogens with one attached hydrogen (secondary N) is 1. The Morgan fingerprint density at radius 2 is 2.12 bits per heavy atom. The molecule has 138 valence electrons. The molecule has 0 amide bonds. The topological polar surface area (TPSA) is 48.7 Å². The Balaban J connectivity index is 0.00000225. The summed E-state index contributed by atoms with van der Waals surface area (Å²) in [5, 5.41) is 11.3. The number of halogens is 1. The lowest BCUT2D eigenvalue weighted by Crippen LogP contribution is -2.52. The van der Waals surface area contributed by atoms with E-state index in [1.165, 1.54) is 10.6 Å². The van der Waals surface area contributed by atoms with E-state index >= 15 is 0 Å². The zero-order chi connectivity index (χ0) is 16.8. The summed E-state index contributed by atoms with van der Waals surface area (Å²) in [7, 11) is 1.87. The van der Waals surface area contributed by atoms with E-state index in [0.717, 1.165) is 51.6 Å². The summed E-state index contributed by atoms with van der Waals surface area (Å²) in [6.45, 7) is 8.04. The quantitative estimate of drug-likeness (QED) is 0.314. The molecule has 25 heavy (non-hydrogen) atoms. The maximum atomic E-state index is 4.44. The van der Waals surface area contributed by atoms with E-state index in [2.05, 4.69) is 55.8 Å². The molecule has 2 aromatic rings. The molecule has 1 fully saturated rings. The first kappa shape index (κ1) is 20.0.